The number of hydrogen-bond acceptors (Lipinski definition) is 3. The van der Waals surface area contributed by atoms with Crippen LogP contribution in [0, 0.1) is 5.92 Å². The van der Waals surface area contributed by atoms with Crippen molar-refractivity contribution in [2.45, 2.75) is 33.3 Å². The van der Waals surface area contributed by atoms with E-state index in [4.69, 9.17) is 9.47 Å². The maximum absolute atomic E-state index is 12.2. The van der Waals surface area contributed by atoms with E-state index in [-0.39, 0.29) is 11.9 Å². The van der Waals surface area contributed by atoms with Gasteiger partial charge in [-0.1, -0.05) is 51.1 Å². The molecule has 0 spiro atoms. The van der Waals surface area contributed by atoms with Gasteiger partial charge in [-0.25, -0.2) is 0 Å². The Hall–Kier alpha value is -2.29. The van der Waals surface area contributed by atoms with Gasteiger partial charge in [-0.2, -0.15) is 0 Å². The summed E-state index contributed by atoms with van der Waals surface area (Å²) in [4.78, 5) is 12.2. The molecule has 0 bridgehead atoms. The number of carbonyl (C=O) groups excluding carboxylic acids is 1. The Labute approximate surface area is 130 Å². The zero-order valence-corrected chi connectivity index (χ0v) is 13.1. The average Bonchev–Trinajstić information content (AvgIpc) is 2.53. The maximum atomic E-state index is 12.2. The zero-order chi connectivity index (χ0) is 15.7. The topological polar surface area (TPSA) is 35.5 Å². The third kappa shape index (κ3) is 2.47. The minimum absolute atomic E-state index is 0.160. The number of ether oxygens (including phenoxy) is 2. The molecule has 2 aromatic carbocycles. The van der Waals surface area contributed by atoms with Crippen LogP contribution in [0.2, 0.25) is 0 Å². The summed E-state index contributed by atoms with van der Waals surface area (Å²) in [5.74, 6) is 1.18. The quantitative estimate of drug-likeness (QED) is 0.774. The number of carbonyl (C=O) groups is 1. The van der Waals surface area contributed by atoms with Crippen LogP contribution in [0.3, 0.4) is 0 Å². The van der Waals surface area contributed by atoms with E-state index in [1.807, 2.05) is 50.2 Å². The molecular formula is C19H20O3. The zero-order valence-electron chi connectivity index (χ0n) is 13.1. The number of esters is 1. The summed E-state index contributed by atoms with van der Waals surface area (Å²) < 4.78 is 11.8. The van der Waals surface area contributed by atoms with Crippen molar-refractivity contribution in [3.05, 3.63) is 59.2 Å². The molecule has 2 aromatic rings. The van der Waals surface area contributed by atoms with Crippen LogP contribution in [0.5, 0.6) is 11.5 Å². The van der Waals surface area contributed by atoms with E-state index in [9.17, 15) is 4.79 Å². The lowest BCUT2D eigenvalue weighted by Crippen LogP contribution is -2.21. The van der Waals surface area contributed by atoms with Gasteiger partial charge in [0, 0.05) is 11.1 Å². The average molecular weight is 296 g/mol. The van der Waals surface area contributed by atoms with Gasteiger partial charge in [-0.3, -0.25) is 4.79 Å². The van der Waals surface area contributed by atoms with Crippen molar-refractivity contribution in [3.8, 4) is 11.5 Å². The summed E-state index contributed by atoms with van der Waals surface area (Å²) in [7, 11) is 0. The number of hydrogen-bond donors (Lipinski definition) is 0. The minimum Gasteiger partial charge on any atom is -0.456 e. The number of fused-ring (bicyclic) bond motifs is 2. The molecule has 0 amide bonds. The van der Waals surface area contributed by atoms with Crippen molar-refractivity contribution in [2.75, 3.05) is 0 Å². The van der Waals surface area contributed by atoms with Crippen molar-refractivity contribution in [1.29, 1.82) is 0 Å². The number of benzene rings is 2. The first-order valence-electron chi connectivity index (χ1n) is 7.70. The molecule has 0 aromatic heterocycles. The SMILES string of the molecule is CCc1cccc2c1C(OC(=O)C(C)C)c1ccccc1O2. The highest BCUT2D eigenvalue weighted by atomic mass is 16.6. The van der Waals surface area contributed by atoms with Crippen molar-refractivity contribution < 1.29 is 14.3 Å². The molecule has 0 fully saturated rings. The van der Waals surface area contributed by atoms with Gasteiger partial charge in [0.2, 0.25) is 0 Å². The molecule has 1 aliphatic rings. The second kappa shape index (κ2) is 5.84. The standard InChI is InChI=1S/C19H20O3/c1-4-13-8-7-11-16-17(13)18(22-19(20)12(2)3)14-9-5-6-10-15(14)21-16/h5-12,18H,4H2,1-3H3. The highest BCUT2D eigenvalue weighted by Crippen LogP contribution is 2.46. The van der Waals surface area contributed by atoms with Gasteiger partial charge in [-0.05, 0) is 24.1 Å². The van der Waals surface area contributed by atoms with Crippen molar-refractivity contribution in [1.82, 2.24) is 0 Å². The molecule has 0 aliphatic carbocycles. The van der Waals surface area contributed by atoms with E-state index >= 15 is 0 Å². The van der Waals surface area contributed by atoms with Crippen LogP contribution in [0.15, 0.2) is 42.5 Å². The fraction of sp³-hybridized carbons (Fsp3) is 0.316. The fourth-order valence-corrected chi connectivity index (χ4v) is 2.72. The second-order valence-electron chi connectivity index (χ2n) is 5.79. The predicted octanol–water partition coefficient (Wildman–Crippen LogP) is 4.64. The Kier molecular flexibility index (Phi) is 3.88. The lowest BCUT2D eigenvalue weighted by Gasteiger charge is -2.30. The smallest absolute Gasteiger partial charge is 0.309 e. The van der Waals surface area contributed by atoms with E-state index in [2.05, 4.69) is 13.0 Å². The van der Waals surface area contributed by atoms with Crippen LogP contribution in [0.25, 0.3) is 0 Å². The molecule has 3 nitrogen and oxygen atoms in total. The van der Waals surface area contributed by atoms with E-state index in [0.29, 0.717) is 0 Å². The van der Waals surface area contributed by atoms with Crippen LogP contribution in [-0.2, 0) is 16.0 Å². The van der Waals surface area contributed by atoms with Gasteiger partial charge in [0.15, 0.2) is 6.10 Å². The van der Waals surface area contributed by atoms with Crippen molar-refractivity contribution in [3.63, 3.8) is 0 Å². The summed E-state index contributed by atoms with van der Waals surface area (Å²) in [6.07, 6.45) is 0.468. The van der Waals surface area contributed by atoms with Gasteiger partial charge >= 0.3 is 5.97 Å². The largest absolute Gasteiger partial charge is 0.456 e. The van der Waals surface area contributed by atoms with Gasteiger partial charge in [0.25, 0.3) is 0 Å². The van der Waals surface area contributed by atoms with E-state index < -0.39 is 6.10 Å². The maximum Gasteiger partial charge on any atom is 0.309 e. The summed E-state index contributed by atoms with van der Waals surface area (Å²) >= 11 is 0. The third-order valence-corrected chi connectivity index (χ3v) is 3.93. The first kappa shape index (κ1) is 14.6. The summed E-state index contributed by atoms with van der Waals surface area (Å²) in [6, 6.07) is 13.7. The van der Waals surface area contributed by atoms with E-state index in [1.54, 1.807) is 0 Å². The Bertz CT molecular complexity index is 704. The number of rotatable bonds is 3. The summed E-state index contributed by atoms with van der Waals surface area (Å²) in [6.45, 7) is 5.79. The lowest BCUT2D eigenvalue weighted by molar-refractivity contribution is -0.151. The molecule has 3 heteroatoms. The molecule has 0 radical (unpaired) electrons. The van der Waals surface area contributed by atoms with Crippen LogP contribution < -0.4 is 4.74 Å². The van der Waals surface area contributed by atoms with Gasteiger partial charge in [0.05, 0.1) is 5.92 Å². The lowest BCUT2D eigenvalue weighted by atomic mass is 9.92. The molecule has 0 N–H and O–H groups in total. The Morgan fingerprint density at radius 2 is 1.86 bits per heavy atom. The van der Waals surface area contributed by atoms with Crippen molar-refractivity contribution in [2.24, 2.45) is 5.92 Å². The summed E-state index contributed by atoms with van der Waals surface area (Å²) in [5.41, 5.74) is 3.02. The molecule has 1 unspecified atom stereocenters. The van der Waals surface area contributed by atoms with Crippen LogP contribution in [0.1, 0.15) is 43.6 Å². The first-order chi connectivity index (χ1) is 10.6. The fourth-order valence-electron chi connectivity index (χ4n) is 2.72. The van der Waals surface area contributed by atoms with Crippen LogP contribution >= 0.6 is 0 Å². The molecule has 1 heterocycles. The Morgan fingerprint density at radius 1 is 1.14 bits per heavy atom. The molecule has 3 rings (SSSR count). The summed E-state index contributed by atoms with van der Waals surface area (Å²) in [5, 5.41) is 0. The Balaban J connectivity index is 2.12. The highest BCUT2D eigenvalue weighted by molar-refractivity contribution is 5.73. The number of aryl methyl sites for hydroxylation is 1. The molecular weight excluding hydrogens is 276 g/mol. The monoisotopic (exact) mass is 296 g/mol. The van der Waals surface area contributed by atoms with Gasteiger partial charge in [-0.15, -0.1) is 0 Å². The second-order valence-corrected chi connectivity index (χ2v) is 5.79. The van der Waals surface area contributed by atoms with Gasteiger partial charge in [0.1, 0.15) is 11.5 Å². The van der Waals surface area contributed by atoms with Crippen LogP contribution in [-0.4, -0.2) is 5.97 Å². The Morgan fingerprint density at radius 3 is 2.59 bits per heavy atom. The van der Waals surface area contributed by atoms with Gasteiger partial charge < -0.3 is 9.47 Å². The predicted molar refractivity (Wildman–Crippen MR) is 85.1 cm³/mol. The molecule has 0 saturated carbocycles. The third-order valence-electron chi connectivity index (χ3n) is 3.93. The normalized spacial score (nSPS) is 15.7. The minimum atomic E-state index is -0.397. The van der Waals surface area contributed by atoms with Crippen LogP contribution in [0.4, 0.5) is 0 Å². The molecule has 114 valence electrons. The van der Waals surface area contributed by atoms with E-state index in [1.165, 1.54) is 0 Å². The highest BCUT2D eigenvalue weighted by Gasteiger charge is 2.32. The molecule has 0 saturated heterocycles. The first-order valence-corrected chi connectivity index (χ1v) is 7.70. The molecule has 22 heavy (non-hydrogen) atoms. The van der Waals surface area contributed by atoms with Crippen molar-refractivity contribution >= 4 is 5.97 Å². The molecule has 1 atom stereocenters. The number of para-hydroxylation sites is 1. The van der Waals surface area contributed by atoms with E-state index in [0.717, 1.165) is 34.6 Å². The molecule has 1 aliphatic heterocycles.